The molecule has 0 amide bonds. The van der Waals surface area contributed by atoms with Crippen molar-refractivity contribution in [3.8, 4) is 0 Å². The van der Waals surface area contributed by atoms with Gasteiger partial charge in [-0.1, -0.05) is 17.7 Å². The van der Waals surface area contributed by atoms with Gasteiger partial charge in [0.2, 0.25) is 0 Å². The molecule has 1 aliphatic heterocycles. The molecule has 3 rings (SSSR count). The predicted octanol–water partition coefficient (Wildman–Crippen LogP) is 3.34. The van der Waals surface area contributed by atoms with Crippen LogP contribution in [-0.4, -0.2) is 31.2 Å². The molecule has 1 aromatic carbocycles. The summed E-state index contributed by atoms with van der Waals surface area (Å²) < 4.78 is 0. The van der Waals surface area contributed by atoms with Gasteiger partial charge in [0.25, 0.3) is 0 Å². The Hall–Kier alpha value is -1.03. The predicted molar refractivity (Wildman–Crippen MR) is 88.6 cm³/mol. The molecule has 1 saturated heterocycles. The van der Waals surface area contributed by atoms with Crippen LogP contribution in [0.25, 0.3) is 10.9 Å². The summed E-state index contributed by atoms with van der Waals surface area (Å²) >= 11 is 6.28. The standard InChI is InChI=1S/C15H18ClN3.ClH/c1-10-3-4-13(16)12-9-11(2)15(18-14(10)12)19-7-5-17-6-8-19;/h3-4,9,17H,5-8H2,1-2H3;1H. The highest BCUT2D eigenvalue weighted by Crippen LogP contribution is 2.30. The summed E-state index contributed by atoms with van der Waals surface area (Å²) in [5.74, 6) is 1.10. The number of hydrogen-bond acceptors (Lipinski definition) is 3. The maximum absolute atomic E-state index is 6.28. The maximum Gasteiger partial charge on any atom is 0.132 e. The first-order valence-corrected chi connectivity index (χ1v) is 7.07. The number of fused-ring (bicyclic) bond motifs is 1. The van der Waals surface area contributed by atoms with Crippen molar-refractivity contribution in [3.05, 3.63) is 34.3 Å². The van der Waals surface area contributed by atoms with E-state index in [0.29, 0.717) is 0 Å². The zero-order valence-corrected chi connectivity index (χ0v) is 13.3. The average molecular weight is 312 g/mol. The molecule has 0 saturated carbocycles. The van der Waals surface area contributed by atoms with Crippen LogP contribution in [-0.2, 0) is 0 Å². The van der Waals surface area contributed by atoms with E-state index in [4.69, 9.17) is 16.6 Å². The Labute approximate surface area is 130 Å². The van der Waals surface area contributed by atoms with Gasteiger partial charge in [0.05, 0.1) is 5.52 Å². The van der Waals surface area contributed by atoms with Gasteiger partial charge < -0.3 is 10.2 Å². The Morgan fingerprint density at radius 1 is 1.15 bits per heavy atom. The van der Waals surface area contributed by atoms with Gasteiger partial charge in [0.15, 0.2) is 0 Å². The highest BCUT2D eigenvalue weighted by molar-refractivity contribution is 6.35. The monoisotopic (exact) mass is 311 g/mol. The summed E-state index contributed by atoms with van der Waals surface area (Å²) in [6.45, 7) is 8.27. The third kappa shape index (κ3) is 2.71. The third-order valence-corrected chi connectivity index (χ3v) is 4.04. The van der Waals surface area contributed by atoms with Gasteiger partial charge in [-0.3, -0.25) is 0 Å². The Balaban J connectivity index is 0.00000147. The molecule has 5 heteroatoms. The minimum absolute atomic E-state index is 0. The van der Waals surface area contributed by atoms with E-state index in [0.717, 1.165) is 47.9 Å². The molecule has 108 valence electrons. The summed E-state index contributed by atoms with van der Waals surface area (Å²) in [5, 5.41) is 5.21. The van der Waals surface area contributed by atoms with E-state index in [1.807, 2.05) is 12.1 Å². The smallest absolute Gasteiger partial charge is 0.132 e. The first-order chi connectivity index (χ1) is 9.16. The summed E-state index contributed by atoms with van der Waals surface area (Å²) in [7, 11) is 0. The quantitative estimate of drug-likeness (QED) is 0.875. The molecule has 2 heterocycles. The molecule has 1 N–H and O–H groups in total. The van der Waals surface area contributed by atoms with Crippen LogP contribution in [0, 0.1) is 13.8 Å². The van der Waals surface area contributed by atoms with E-state index in [1.165, 1.54) is 11.1 Å². The molecular formula is C15H19Cl2N3. The van der Waals surface area contributed by atoms with Crippen LogP contribution in [0.3, 0.4) is 0 Å². The van der Waals surface area contributed by atoms with Crippen molar-refractivity contribution < 1.29 is 0 Å². The van der Waals surface area contributed by atoms with Crippen molar-refractivity contribution in [2.24, 2.45) is 0 Å². The molecule has 1 aromatic heterocycles. The van der Waals surface area contributed by atoms with Gasteiger partial charge in [-0.15, -0.1) is 12.4 Å². The number of hydrogen-bond donors (Lipinski definition) is 1. The highest BCUT2D eigenvalue weighted by atomic mass is 35.5. The normalized spacial score (nSPS) is 15.2. The number of aryl methyl sites for hydroxylation is 2. The molecule has 0 radical (unpaired) electrons. The molecule has 0 spiro atoms. The van der Waals surface area contributed by atoms with E-state index in [-0.39, 0.29) is 12.4 Å². The van der Waals surface area contributed by atoms with Crippen LogP contribution in [0.1, 0.15) is 11.1 Å². The number of nitrogens with zero attached hydrogens (tertiary/aromatic N) is 2. The second-order valence-corrected chi connectivity index (χ2v) is 5.53. The molecule has 20 heavy (non-hydrogen) atoms. The number of benzene rings is 1. The summed E-state index contributed by atoms with van der Waals surface area (Å²) in [6, 6.07) is 6.15. The van der Waals surface area contributed by atoms with Gasteiger partial charge in [0, 0.05) is 36.6 Å². The van der Waals surface area contributed by atoms with Crippen LogP contribution in [0.4, 0.5) is 5.82 Å². The van der Waals surface area contributed by atoms with E-state index >= 15 is 0 Å². The number of anilines is 1. The molecule has 0 unspecified atom stereocenters. The number of pyridine rings is 1. The van der Waals surface area contributed by atoms with Crippen molar-refractivity contribution in [1.29, 1.82) is 0 Å². The van der Waals surface area contributed by atoms with Crippen LogP contribution >= 0.6 is 24.0 Å². The lowest BCUT2D eigenvalue weighted by molar-refractivity contribution is 0.584. The Bertz CT molecular complexity index is 622. The van der Waals surface area contributed by atoms with Crippen LogP contribution < -0.4 is 10.2 Å². The van der Waals surface area contributed by atoms with Crippen molar-refractivity contribution in [3.63, 3.8) is 0 Å². The highest BCUT2D eigenvalue weighted by Gasteiger charge is 2.16. The van der Waals surface area contributed by atoms with Crippen molar-refractivity contribution in [1.82, 2.24) is 10.3 Å². The zero-order chi connectivity index (χ0) is 13.4. The van der Waals surface area contributed by atoms with Crippen molar-refractivity contribution in [2.75, 3.05) is 31.1 Å². The van der Waals surface area contributed by atoms with E-state index in [1.54, 1.807) is 0 Å². The van der Waals surface area contributed by atoms with E-state index < -0.39 is 0 Å². The van der Waals surface area contributed by atoms with E-state index in [2.05, 4.69) is 30.1 Å². The van der Waals surface area contributed by atoms with Gasteiger partial charge in [-0.25, -0.2) is 4.98 Å². The summed E-state index contributed by atoms with van der Waals surface area (Å²) in [5.41, 5.74) is 3.39. The van der Waals surface area contributed by atoms with Gasteiger partial charge in [-0.2, -0.15) is 0 Å². The minimum atomic E-state index is 0. The number of nitrogens with one attached hydrogen (secondary N) is 1. The first kappa shape index (κ1) is 15.4. The number of halogens is 2. The summed E-state index contributed by atoms with van der Waals surface area (Å²) in [4.78, 5) is 7.23. The Morgan fingerprint density at radius 3 is 2.55 bits per heavy atom. The zero-order valence-electron chi connectivity index (χ0n) is 11.7. The molecule has 1 aliphatic rings. The lowest BCUT2D eigenvalue weighted by Crippen LogP contribution is -2.44. The molecule has 0 bridgehead atoms. The fourth-order valence-electron chi connectivity index (χ4n) is 2.65. The molecule has 0 aliphatic carbocycles. The number of aromatic nitrogens is 1. The van der Waals surface area contributed by atoms with Crippen LogP contribution in [0.15, 0.2) is 18.2 Å². The third-order valence-electron chi connectivity index (χ3n) is 3.71. The van der Waals surface area contributed by atoms with Gasteiger partial charge >= 0.3 is 0 Å². The second kappa shape index (κ2) is 6.17. The van der Waals surface area contributed by atoms with Crippen LogP contribution in [0.5, 0.6) is 0 Å². The van der Waals surface area contributed by atoms with Gasteiger partial charge in [0.1, 0.15) is 5.82 Å². The minimum Gasteiger partial charge on any atom is -0.354 e. The summed E-state index contributed by atoms with van der Waals surface area (Å²) in [6.07, 6.45) is 0. The fraction of sp³-hybridized carbons (Fsp3) is 0.400. The molecule has 1 fully saturated rings. The number of rotatable bonds is 1. The molecule has 3 nitrogen and oxygen atoms in total. The SMILES string of the molecule is Cc1cc2c(Cl)ccc(C)c2nc1N1CCNCC1.Cl. The second-order valence-electron chi connectivity index (χ2n) is 5.13. The number of piperazine rings is 1. The largest absolute Gasteiger partial charge is 0.354 e. The average Bonchev–Trinajstić information content (AvgIpc) is 2.44. The molecule has 0 atom stereocenters. The Kier molecular flexibility index (Phi) is 4.74. The lowest BCUT2D eigenvalue weighted by atomic mass is 10.1. The lowest BCUT2D eigenvalue weighted by Gasteiger charge is -2.30. The molecule has 2 aromatic rings. The molecular weight excluding hydrogens is 293 g/mol. The Morgan fingerprint density at radius 2 is 1.85 bits per heavy atom. The van der Waals surface area contributed by atoms with Gasteiger partial charge in [-0.05, 0) is 37.1 Å². The van der Waals surface area contributed by atoms with E-state index in [9.17, 15) is 0 Å². The maximum atomic E-state index is 6.28. The first-order valence-electron chi connectivity index (χ1n) is 6.69. The fourth-order valence-corrected chi connectivity index (χ4v) is 2.86. The van der Waals surface area contributed by atoms with Crippen molar-refractivity contribution >= 4 is 40.7 Å². The van der Waals surface area contributed by atoms with Crippen molar-refractivity contribution in [2.45, 2.75) is 13.8 Å². The topological polar surface area (TPSA) is 28.2 Å². The van der Waals surface area contributed by atoms with Crippen LogP contribution in [0.2, 0.25) is 5.02 Å².